The second-order valence-electron chi connectivity index (χ2n) is 3.50. The van der Waals surface area contributed by atoms with Gasteiger partial charge in [-0.1, -0.05) is 25.4 Å². The molecule has 0 bridgehead atoms. The largest absolute Gasteiger partial charge is 0.475 e. The first-order chi connectivity index (χ1) is 7.18. The van der Waals surface area contributed by atoms with Gasteiger partial charge in [0.1, 0.15) is 18.1 Å². The summed E-state index contributed by atoms with van der Waals surface area (Å²) in [5.41, 5.74) is 0. The van der Waals surface area contributed by atoms with Crippen molar-refractivity contribution in [2.45, 2.75) is 13.8 Å². The monoisotopic (exact) mass is 230 g/mol. The molecule has 0 N–H and O–H groups in total. The minimum atomic E-state index is 0.378. The van der Waals surface area contributed by atoms with E-state index in [4.69, 9.17) is 21.1 Å². The van der Waals surface area contributed by atoms with E-state index in [2.05, 4.69) is 23.8 Å². The van der Waals surface area contributed by atoms with Crippen molar-refractivity contribution in [2.75, 3.05) is 19.8 Å². The summed E-state index contributed by atoms with van der Waals surface area (Å²) in [5.74, 6) is 1.02. The van der Waals surface area contributed by atoms with Gasteiger partial charge in [0.2, 0.25) is 5.88 Å². The second-order valence-corrected chi connectivity index (χ2v) is 3.88. The van der Waals surface area contributed by atoms with Gasteiger partial charge in [-0.15, -0.1) is 0 Å². The van der Waals surface area contributed by atoms with Crippen LogP contribution in [-0.4, -0.2) is 29.8 Å². The molecular formula is C10H15ClN2O2. The zero-order chi connectivity index (χ0) is 11.1. The van der Waals surface area contributed by atoms with Crippen LogP contribution in [0, 0.1) is 5.92 Å². The molecule has 0 fully saturated rings. The maximum Gasteiger partial charge on any atom is 0.217 e. The van der Waals surface area contributed by atoms with Gasteiger partial charge in [0.15, 0.2) is 0 Å². The highest BCUT2D eigenvalue weighted by Crippen LogP contribution is 2.10. The molecule has 0 aliphatic carbocycles. The van der Waals surface area contributed by atoms with Gasteiger partial charge in [-0.05, 0) is 5.92 Å². The van der Waals surface area contributed by atoms with Gasteiger partial charge < -0.3 is 9.47 Å². The van der Waals surface area contributed by atoms with Gasteiger partial charge >= 0.3 is 0 Å². The first-order valence-corrected chi connectivity index (χ1v) is 5.24. The Balaban J connectivity index is 2.15. The van der Waals surface area contributed by atoms with Crippen molar-refractivity contribution in [3.63, 3.8) is 0 Å². The van der Waals surface area contributed by atoms with Crippen LogP contribution in [0.5, 0.6) is 5.88 Å². The van der Waals surface area contributed by atoms with Crippen molar-refractivity contribution in [3.8, 4) is 5.88 Å². The molecule has 0 aromatic carbocycles. The molecule has 15 heavy (non-hydrogen) atoms. The summed E-state index contributed by atoms with van der Waals surface area (Å²) in [6.45, 7) is 5.98. The third-order valence-electron chi connectivity index (χ3n) is 1.54. The molecule has 1 aromatic heterocycles. The lowest BCUT2D eigenvalue weighted by atomic mass is 10.2. The second kappa shape index (κ2) is 6.58. The SMILES string of the molecule is CC(C)COCCOc1cc(Cl)ncn1. The summed E-state index contributed by atoms with van der Waals surface area (Å²) in [4.78, 5) is 7.65. The molecule has 1 heterocycles. The van der Waals surface area contributed by atoms with Crippen LogP contribution in [0.3, 0.4) is 0 Å². The van der Waals surface area contributed by atoms with Crippen LogP contribution < -0.4 is 4.74 Å². The van der Waals surface area contributed by atoms with Crippen LogP contribution in [0.1, 0.15) is 13.8 Å². The highest BCUT2D eigenvalue weighted by atomic mass is 35.5. The first kappa shape index (κ1) is 12.2. The smallest absolute Gasteiger partial charge is 0.217 e. The summed E-state index contributed by atoms with van der Waals surface area (Å²) in [6, 6.07) is 1.57. The molecule has 0 amide bonds. The molecule has 0 aliphatic rings. The topological polar surface area (TPSA) is 44.2 Å². The van der Waals surface area contributed by atoms with Crippen molar-refractivity contribution < 1.29 is 9.47 Å². The van der Waals surface area contributed by atoms with Crippen molar-refractivity contribution in [2.24, 2.45) is 5.92 Å². The zero-order valence-corrected chi connectivity index (χ0v) is 9.70. The van der Waals surface area contributed by atoms with Gasteiger partial charge in [0.25, 0.3) is 0 Å². The molecule has 0 aliphatic heterocycles. The Morgan fingerprint density at radius 2 is 2.13 bits per heavy atom. The van der Waals surface area contributed by atoms with Crippen LogP contribution in [0.25, 0.3) is 0 Å². The number of nitrogens with zero attached hydrogens (tertiary/aromatic N) is 2. The lowest BCUT2D eigenvalue weighted by molar-refractivity contribution is 0.0806. The Kier molecular flexibility index (Phi) is 5.36. The van der Waals surface area contributed by atoms with E-state index in [0.29, 0.717) is 30.2 Å². The summed E-state index contributed by atoms with van der Waals surface area (Å²) in [7, 11) is 0. The standard InChI is InChI=1S/C10H15ClN2O2/c1-8(2)6-14-3-4-15-10-5-9(11)12-7-13-10/h5,7-8H,3-4,6H2,1-2H3. The molecule has 84 valence electrons. The highest BCUT2D eigenvalue weighted by Gasteiger charge is 1.98. The normalized spacial score (nSPS) is 10.7. The Bertz CT molecular complexity index is 295. The van der Waals surface area contributed by atoms with Gasteiger partial charge in [-0.3, -0.25) is 0 Å². The quantitative estimate of drug-likeness (QED) is 0.555. The molecule has 0 saturated heterocycles. The Labute approximate surface area is 94.6 Å². The molecule has 0 saturated carbocycles. The number of hydrogen-bond acceptors (Lipinski definition) is 4. The Hall–Kier alpha value is -0.870. The van der Waals surface area contributed by atoms with Crippen molar-refractivity contribution in [1.29, 1.82) is 0 Å². The molecule has 0 atom stereocenters. The van der Waals surface area contributed by atoms with Gasteiger partial charge in [0.05, 0.1) is 6.61 Å². The average Bonchev–Trinajstić information content (AvgIpc) is 2.17. The third-order valence-corrected chi connectivity index (χ3v) is 1.74. The molecule has 1 aromatic rings. The van der Waals surface area contributed by atoms with E-state index in [1.165, 1.54) is 6.33 Å². The summed E-state index contributed by atoms with van der Waals surface area (Å²) >= 11 is 5.66. The summed E-state index contributed by atoms with van der Waals surface area (Å²) < 4.78 is 10.7. The van der Waals surface area contributed by atoms with E-state index < -0.39 is 0 Å². The maximum absolute atomic E-state index is 5.66. The fourth-order valence-corrected chi connectivity index (χ4v) is 1.06. The number of halogens is 1. The van der Waals surface area contributed by atoms with Crippen LogP contribution >= 0.6 is 11.6 Å². The predicted octanol–water partition coefficient (Wildman–Crippen LogP) is 2.18. The lowest BCUT2D eigenvalue weighted by Crippen LogP contribution is -2.10. The van der Waals surface area contributed by atoms with Crippen LogP contribution in [-0.2, 0) is 4.74 Å². The number of ether oxygens (including phenoxy) is 2. The van der Waals surface area contributed by atoms with E-state index in [9.17, 15) is 0 Å². The summed E-state index contributed by atoms with van der Waals surface area (Å²) in [5, 5.41) is 0.378. The molecular weight excluding hydrogens is 216 g/mol. The van der Waals surface area contributed by atoms with E-state index in [1.807, 2.05) is 0 Å². The molecule has 1 rings (SSSR count). The average molecular weight is 231 g/mol. The minimum Gasteiger partial charge on any atom is -0.475 e. The number of rotatable bonds is 6. The fraction of sp³-hybridized carbons (Fsp3) is 0.600. The van der Waals surface area contributed by atoms with Gasteiger partial charge in [-0.2, -0.15) is 0 Å². The fourth-order valence-electron chi connectivity index (χ4n) is 0.920. The van der Waals surface area contributed by atoms with E-state index >= 15 is 0 Å². The zero-order valence-electron chi connectivity index (χ0n) is 8.94. The van der Waals surface area contributed by atoms with Crippen LogP contribution in [0.4, 0.5) is 0 Å². The predicted molar refractivity (Wildman–Crippen MR) is 58.2 cm³/mol. The minimum absolute atomic E-state index is 0.378. The van der Waals surface area contributed by atoms with Crippen LogP contribution in [0.2, 0.25) is 5.15 Å². The molecule has 0 radical (unpaired) electrons. The van der Waals surface area contributed by atoms with Crippen LogP contribution in [0.15, 0.2) is 12.4 Å². The molecule has 0 unspecified atom stereocenters. The van der Waals surface area contributed by atoms with Gasteiger partial charge in [0, 0.05) is 12.7 Å². The summed E-state index contributed by atoms with van der Waals surface area (Å²) in [6.07, 6.45) is 1.37. The van der Waals surface area contributed by atoms with Crippen molar-refractivity contribution >= 4 is 11.6 Å². The van der Waals surface area contributed by atoms with Gasteiger partial charge in [-0.25, -0.2) is 9.97 Å². The number of hydrogen-bond donors (Lipinski definition) is 0. The van der Waals surface area contributed by atoms with E-state index in [-0.39, 0.29) is 0 Å². The Morgan fingerprint density at radius 1 is 1.33 bits per heavy atom. The number of aromatic nitrogens is 2. The van der Waals surface area contributed by atoms with Crippen molar-refractivity contribution in [1.82, 2.24) is 9.97 Å². The molecule has 0 spiro atoms. The molecule has 4 nitrogen and oxygen atoms in total. The lowest BCUT2D eigenvalue weighted by Gasteiger charge is -2.07. The maximum atomic E-state index is 5.66. The van der Waals surface area contributed by atoms with E-state index in [0.717, 1.165) is 6.61 Å². The highest BCUT2D eigenvalue weighted by molar-refractivity contribution is 6.29. The van der Waals surface area contributed by atoms with E-state index in [1.54, 1.807) is 6.07 Å². The third kappa shape index (κ3) is 5.54. The van der Waals surface area contributed by atoms with Crippen molar-refractivity contribution in [3.05, 3.63) is 17.5 Å². The first-order valence-electron chi connectivity index (χ1n) is 4.86. The Morgan fingerprint density at radius 3 is 2.80 bits per heavy atom. The molecule has 5 heteroatoms.